The predicted octanol–water partition coefficient (Wildman–Crippen LogP) is 4.29. The molecule has 0 saturated carbocycles. The van der Waals surface area contributed by atoms with E-state index in [1.54, 1.807) is 41.3 Å². The molecule has 29 heavy (non-hydrogen) atoms. The molecule has 1 aliphatic rings. The molecule has 5 nitrogen and oxygen atoms in total. The van der Waals surface area contributed by atoms with Crippen LogP contribution in [-0.2, 0) is 4.74 Å². The maximum absolute atomic E-state index is 13.5. The van der Waals surface area contributed by atoms with Gasteiger partial charge in [-0.1, -0.05) is 24.3 Å². The van der Waals surface area contributed by atoms with E-state index in [0.717, 1.165) is 0 Å². The van der Waals surface area contributed by atoms with Crippen molar-refractivity contribution in [3.63, 3.8) is 0 Å². The number of ether oxygens (including phenoxy) is 1. The zero-order chi connectivity index (χ0) is 20.5. The minimum atomic E-state index is -0.613. The van der Waals surface area contributed by atoms with E-state index in [1.807, 2.05) is 13.8 Å². The second kappa shape index (κ2) is 7.79. The van der Waals surface area contributed by atoms with Crippen LogP contribution in [0.15, 0.2) is 57.7 Å². The van der Waals surface area contributed by atoms with Gasteiger partial charge in [0.05, 0.1) is 23.1 Å². The molecule has 0 N–H and O–H groups in total. The van der Waals surface area contributed by atoms with Crippen LogP contribution in [0.4, 0.5) is 4.39 Å². The molecule has 0 saturated heterocycles. The summed E-state index contributed by atoms with van der Waals surface area (Å²) in [6.07, 6.45) is 0.714. The Morgan fingerprint density at radius 1 is 1.10 bits per heavy atom. The summed E-state index contributed by atoms with van der Waals surface area (Å²) in [6, 6.07) is 12.2. The van der Waals surface area contributed by atoms with E-state index < -0.39 is 6.04 Å². The first-order chi connectivity index (χ1) is 14.0. The molecule has 3 aromatic rings. The molecule has 6 heteroatoms. The van der Waals surface area contributed by atoms with Crippen LogP contribution >= 0.6 is 0 Å². The van der Waals surface area contributed by atoms with Gasteiger partial charge in [-0.25, -0.2) is 4.39 Å². The van der Waals surface area contributed by atoms with Crippen LogP contribution in [0.25, 0.3) is 11.0 Å². The number of para-hydroxylation sites is 1. The number of nitrogens with zero attached hydrogens (tertiary/aromatic N) is 1. The fraction of sp³-hybridized carbons (Fsp3) is 0.304. The molecule has 0 spiro atoms. The van der Waals surface area contributed by atoms with Gasteiger partial charge in [0.25, 0.3) is 5.91 Å². The predicted molar refractivity (Wildman–Crippen MR) is 107 cm³/mol. The largest absolute Gasteiger partial charge is 0.450 e. The Labute approximate surface area is 167 Å². The van der Waals surface area contributed by atoms with Crippen molar-refractivity contribution >= 4 is 16.9 Å². The lowest BCUT2D eigenvalue weighted by Crippen LogP contribution is -2.31. The highest BCUT2D eigenvalue weighted by Gasteiger charge is 2.42. The molecule has 0 unspecified atom stereocenters. The Bertz CT molecular complexity index is 1100. The van der Waals surface area contributed by atoms with E-state index in [9.17, 15) is 14.0 Å². The van der Waals surface area contributed by atoms with Crippen molar-refractivity contribution in [1.82, 2.24) is 4.90 Å². The summed E-state index contributed by atoms with van der Waals surface area (Å²) in [5.41, 5.74) is 1.13. The van der Waals surface area contributed by atoms with E-state index in [2.05, 4.69) is 0 Å². The van der Waals surface area contributed by atoms with Gasteiger partial charge in [0, 0.05) is 13.2 Å². The lowest BCUT2D eigenvalue weighted by atomic mass is 9.98. The summed E-state index contributed by atoms with van der Waals surface area (Å²) in [5.74, 6) is -0.643. The second-order valence-corrected chi connectivity index (χ2v) is 7.40. The molecular formula is C23H22FNO4. The average Bonchev–Trinajstić information content (AvgIpc) is 2.98. The van der Waals surface area contributed by atoms with Crippen LogP contribution in [0.2, 0.25) is 0 Å². The van der Waals surface area contributed by atoms with Gasteiger partial charge in [-0.2, -0.15) is 0 Å². The van der Waals surface area contributed by atoms with Crippen molar-refractivity contribution in [2.24, 2.45) is 0 Å². The Balaban J connectivity index is 1.79. The molecule has 0 fully saturated rings. The van der Waals surface area contributed by atoms with E-state index in [-0.39, 0.29) is 29.0 Å². The summed E-state index contributed by atoms with van der Waals surface area (Å²) < 4.78 is 24.9. The van der Waals surface area contributed by atoms with E-state index in [1.165, 1.54) is 12.1 Å². The molecule has 150 valence electrons. The minimum Gasteiger partial charge on any atom is -0.450 e. The molecule has 1 atom stereocenters. The van der Waals surface area contributed by atoms with Crippen molar-refractivity contribution in [2.45, 2.75) is 32.4 Å². The van der Waals surface area contributed by atoms with Gasteiger partial charge in [0.2, 0.25) is 5.76 Å². The topological polar surface area (TPSA) is 59.8 Å². The zero-order valence-corrected chi connectivity index (χ0v) is 16.4. The van der Waals surface area contributed by atoms with Crippen molar-refractivity contribution < 1.29 is 18.3 Å². The van der Waals surface area contributed by atoms with Crippen LogP contribution in [-0.4, -0.2) is 30.1 Å². The number of carbonyl (C=O) groups excluding carboxylic acids is 1. The van der Waals surface area contributed by atoms with Gasteiger partial charge < -0.3 is 14.1 Å². The summed E-state index contributed by atoms with van der Waals surface area (Å²) in [6.45, 7) is 4.80. The Morgan fingerprint density at radius 2 is 1.83 bits per heavy atom. The standard InChI is InChI=1S/C23H22FNO4/c1-14(2)28-13-5-12-25-20(15-8-10-16(24)11-9-15)19-21(26)17-6-3-4-7-18(17)29-22(19)23(25)27/h3-4,6-11,14,20H,5,12-13H2,1-2H3/t20-/m0/s1. The van der Waals surface area contributed by atoms with Gasteiger partial charge in [-0.3, -0.25) is 9.59 Å². The van der Waals surface area contributed by atoms with Crippen molar-refractivity contribution in [2.75, 3.05) is 13.2 Å². The SMILES string of the molecule is CC(C)OCCCN1C(=O)c2oc3ccccc3c(=O)c2[C@@H]1c1ccc(F)cc1. The van der Waals surface area contributed by atoms with Crippen molar-refractivity contribution in [3.05, 3.63) is 81.5 Å². The second-order valence-electron chi connectivity index (χ2n) is 7.40. The monoisotopic (exact) mass is 395 g/mol. The number of carbonyl (C=O) groups is 1. The quantitative estimate of drug-likeness (QED) is 0.584. The third-order valence-corrected chi connectivity index (χ3v) is 5.05. The first-order valence-corrected chi connectivity index (χ1v) is 9.71. The molecule has 2 heterocycles. The first-order valence-electron chi connectivity index (χ1n) is 9.71. The normalized spacial score (nSPS) is 16.1. The van der Waals surface area contributed by atoms with Crippen molar-refractivity contribution in [3.8, 4) is 0 Å². The molecule has 0 bridgehead atoms. The Kier molecular flexibility index (Phi) is 5.20. The number of rotatable bonds is 6. The summed E-state index contributed by atoms with van der Waals surface area (Å²) in [5, 5.41) is 0.427. The highest BCUT2D eigenvalue weighted by molar-refractivity contribution is 5.99. The van der Waals surface area contributed by atoms with E-state index in [4.69, 9.17) is 9.15 Å². The first kappa shape index (κ1) is 19.3. The third kappa shape index (κ3) is 3.56. The number of halogens is 1. The van der Waals surface area contributed by atoms with Gasteiger partial charge >= 0.3 is 0 Å². The molecule has 2 aromatic carbocycles. The van der Waals surface area contributed by atoms with Crippen LogP contribution in [0.5, 0.6) is 0 Å². The molecule has 4 rings (SSSR count). The van der Waals surface area contributed by atoms with Crippen molar-refractivity contribution in [1.29, 1.82) is 0 Å². The van der Waals surface area contributed by atoms with Crippen LogP contribution in [0, 0.1) is 5.82 Å². The van der Waals surface area contributed by atoms with Gasteiger partial charge in [0.1, 0.15) is 11.4 Å². The lowest BCUT2D eigenvalue weighted by molar-refractivity contribution is 0.0593. The number of hydrogen-bond acceptors (Lipinski definition) is 4. The number of hydrogen-bond donors (Lipinski definition) is 0. The zero-order valence-electron chi connectivity index (χ0n) is 16.4. The minimum absolute atomic E-state index is 0.0628. The fourth-order valence-electron chi connectivity index (χ4n) is 3.74. The highest BCUT2D eigenvalue weighted by atomic mass is 19.1. The van der Waals surface area contributed by atoms with Crippen LogP contribution in [0.1, 0.15) is 48.0 Å². The Hall–Kier alpha value is -2.99. The summed E-state index contributed by atoms with van der Waals surface area (Å²) >= 11 is 0. The fourth-order valence-corrected chi connectivity index (χ4v) is 3.74. The van der Waals surface area contributed by atoms with Gasteiger partial charge in [-0.15, -0.1) is 0 Å². The number of amides is 1. The molecule has 1 aliphatic heterocycles. The lowest BCUT2D eigenvalue weighted by Gasteiger charge is -2.25. The maximum Gasteiger partial charge on any atom is 0.290 e. The maximum atomic E-state index is 13.5. The number of fused-ring (bicyclic) bond motifs is 2. The third-order valence-electron chi connectivity index (χ3n) is 5.05. The van der Waals surface area contributed by atoms with Gasteiger partial charge in [0.15, 0.2) is 5.43 Å². The van der Waals surface area contributed by atoms with Gasteiger partial charge in [-0.05, 0) is 50.1 Å². The summed E-state index contributed by atoms with van der Waals surface area (Å²) in [7, 11) is 0. The average molecular weight is 395 g/mol. The van der Waals surface area contributed by atoms with E-state index in [0.29, 0.717) is 41.7 Å². The molecule has 1 aromatic heterocycles. The van der Waals surface area contributed by atoms with Crippen LogP contribution < -0.4 is 5.43 Å². The molecule has 1 amide bonds. The Morgan fingerprint density at radius 3 is 2.55 bits per heavy atom. The smallest absolute Gasteiger partial charge is 0.290 e. The number of benzene rings is 2. The molecule has 0 aliphatic carbocycles. The van der Waals surface area contributed by atoms with E-state index >= 15 is 0 Å². The summed E-state index contributed by atoms with van der Waals surface area (Å²) in [4.78, 5) is 28.0. The molecular weight excluding hydrogens is 373 g/mol. The highest BCUT2D eigenvalue weighted by Crippen LogP contribution is 2.38. The van der Waals surface area contributed by atoms with Crippen LogP contribution in [0.3, 0.4) is 0 Å². The molecule has 0 radical (unpaired) electrons.